The molecule has 1 amide bonds. The third kappa shape index (κ3) is 4.40. The lowest BCUT2D eigenvalue weighted by Gasteiger charge is -2.29. The van der Waals surface area contributed by atoms with Crippen LogP contribution in [0.25, 0.3) is 11.7 Å². The number of amides is 1. The predicted octanol–water partition coefficient (Wildman–Crippen LogP) is 3.60. The molecule has 31 heavy (non-hydrogen) atoms. The van der Waals surface area contributed by atoms with E-state index in [2.05, 4.69) is 10.3 Å². The maximum absolute atomic E-state index is 13.3. The molecule has 2 fully saturated rings. The van der Waals surface area contributed by atoms with Gasteiger partial charge >= 0.3 is 0 Å². The van der Waals surface area contributed by atoms with Crippen molar-refractivity contribution >= 4 is 51.7 Å². The smallest absolute Gasteiger partial charge is 0.267 e. The van der Waals surface area contributed by atoms with Crippen LogP contribution >= 0.6 is 24.0 Å². The molecule has 0 unspecified atom stereocenters. The number of ether oxygens (including phenoxy) is 1. The van der Waals surface area contributed by atoms with Crippen LogP contribution in [0.5, 0.6) is 0 Å². The molecule has 2 aliphatic rings. The van der Waals surface area contributed by atoms with Crippen molar-refractivity contribution in [3.8, 4) is 0 Å². The van der Waals surface area contributed by atoms with Gasteiger partial charge in [0.05, 0.1) is 17.1 Å². The molecular weight excluding hydrogens is 432 g/mol. The SMILES string of the molecule is COCCNc1nc2c(C)cccn2c(=O)c1/C=C1\SC(=S)N(C2CCCCC2)C1=O. The van der Waals surface area contributed by atoms with Gasteiger partial charge in [0, 0.05) is 25.9 Å². The molecule has 0 atom stereocenters. The molecule has 2 aromatic rings. The average Bonchev–Trinajstić information content (AvgIpc) is 3.05. The molecule has 0 spiro atoms. The summed E-state index contributed by atoms with van der Waals surface area (Å²) < 4.78 is 7.21. The third-order valence-corrected chi connectivity index (χ3v) is 7.05. The Morgan fingerprint density at radius 1 is 1.32 bits per heavy atom. The summed E-state index contributed by atoms with van der Waals surface area (Å²) in [6.07, 6.45) is 8.72. The first-order valence-electron chi connectivity index (χ1n) is 10.5. The Morgan fingerprint density at radius 2 is 2.10 bits per heavy atom. The van der Waals surface area contributed by atoms with Crippen molar-refractivity contribution in [1.82, 2.24) is 14.3 Å². The maximum Gasteiger partial charge on any atom is 0.267 e. The molecular formula is C22H26N4O3S2. The van der Waals surface area contributed by atoms with Crippen molar-refractivity contribution in [3.05, 3.63) is 44.7 Å². The summed E-state index contributed by atoms with van der Waals surface area (Å²) >= 11 is 6.80. The standard InChI is InChI=1S/C22H26N4O3S2/c1-14-7-6-11-25-19(14)24-18(23-10-12-29-2)16(20(25)27)13-17-21(28)26(22(30)31-17)15-8-4-3-5-9-15/h6-7,11,13,15,23H,3-5,8-10,12H2,1-2H3/b17-13-. The number of nitrogens with one attached hydrogen (secondary N) is 1. The van der Waals surface area contributed by atoms with Crippen LogP contribution in [0.4, 0.5) is 5.82 Å². The molecule has 9 heteroatoms. The molecule has 1 N–H and O–H groups in total. The third-order valence-electron chi connectivity index (χ3n) is 5.72. The summed E-state index contributed by atoms with van der Waals surface area (Å²) in [5, 5.41) is 3.19. The number of nitrogens with zero attached hydrogens (tertiary/aromatic N) is 3. The van der Waals surface area contributed by atoms with E-state index in [0.29, 0.717) is 39.4 Å². The van der Waals surface area contributed by atoms with Crippen molar-refractivity contribution in [3.63, 3.8) is 0 Å². The number of methoxy groups -OCH3 is 1. The predicted molar refractivity (Wildman–Crippen MR) is 128 cm³/mol. The number of aromatic nitrogens is 2. The van der Waals surface area contributed by atoms with Gasteiger partial charge in [0.2, 0.25) is 0 Å². The minimum absolute atomic E-state index is 0.113. The number of carbonyl (C=O) groups is 1. The summed E-state index contributed by atoms with van der Waals surface area (Å²) in [4.78, 5) is 33.4. The number of anilines is 1. The number of rotatable bonds is 6. The van der Waals surface area contributed by atoms with E-state index in [9.17, 15) is 9.59 Å². The average molecular weight is 459 g/mol. The summed E-state index contributed by atoms with van der Waals surface area (Å²) in [6.45, 7) is 2.88. The fraction of sp³-hybridized carbons (Fsp3) is 0.455. The Hall–Kier alpha value is -2.23. The topological polar surface area (TPSA) is 75.9 Å². The van der Waals surface area contributed by atoms with Crippen LogP contribution in [0.15, 0.2) is 28.0 Å². The minimum Gasteiger partial charge on any atom is -0.383 e. The van der Waals surface area contributed by atoms with Gasteiger partial charge in [-0.05, 0) is 37.5 Å². The van der Waals surface area contributed by atoms with E-state index in [1.165, 1.54) is 22.6 Å². The van der Waals surface area contributed by atoms with Gasteiger partial charge in [0.25, 0.3) is 11.5 Å². The van der Waals surface area contributed by atoms with E-state index in [-0.39, 0.29) is 17.5 Å². The van der Waals surface area contributed by atoms with Crippen LogP contribution in [0.3, 0.4) is 0 Å². The number of carbonyl (C=O) groups excluding carboxylic acids is 1. The molecule has 1 saturated heterocycles. The summed E-state index contributed by atoms with van der Waals surface area (Å²) in [6, 6.07) is 3.88. The molecule has 0 aromatic carbocycles. The van der Waals surface area contributed by atoms with Crippen molar-refractivity contribution < 1.29 is 9.53 Å². The molecule has 1 saturated carbocycles. The van der Waals surface area contributed by atoms with Crippen molar-refractivity contribution in [1.29, 1.82) is 0 Å². The van der Waals surface area contributed by atoms with Crippen LogP contribution < -0.4 is 10.9 Å². The molecule has 0 radical (unpaired) electrons. The van der Waals surface area contributed by atoms with E-state index in [4.69, 9.17) is 17.0 Å². The molecule has 7 nitrogen and oxygen atoms in total. The lowest BCUT2D eigenvalue weighted by molar-refractivity contribution is -0.124. The number of hydrogen-bond donors (Lipinski definition) is 1. The maximum atomic E-state index is 13.3. The highest BCUT2D eigenvalue weighted by atomic mass is 32.2. The zero-order chi connectivity index (χ0) is 22.0. The zero-order valence-electron chi connectivity index (χ0n) is 17.7. The highest BCUT2D eigenvalue weighted by Crippen LogP contribution is 2.37. The van der Waals surface area contributed by atoms with Crippen molar-refractivity contribution in [2.24, 2.45) is 0 Å². The number of fused-ring (bicyclic) bond motifs is 1. The van der Waals surface area contributed by atoms with Gasteiger partial charge < -0.3 is 10.1 Å². The second kappa shape index (κ2) is 9.50. The highest BCUT2D eigenvalue weighted by molar-refractivity contribution is 8.26. The van der Waals surface area contributed by atoms with Gasteiger partial charge in [0.1, 0.15) is 15.8 Å². The molecule has 4 rings (SSSR count). The van der Waals surface area contributed by atoms with E-state index in [1.807, 2.05) is 19.1 Å². The molecule has 0 bridgehead atoms. The Bertz CT molecular complexity index is 1110. The largest absolute Gasteiger partial charge is 0.383 e. The van der Waals surface area contributed by atoms with Gasteiger partial charge in [-0.15, -0.1) is 0 Å². The van der Waals surface area contributed by atoms with E-state index >= 15 is 0 Å². The van der Waals surface area contributed by atoms with Crippen LogP contribution in [0.2, 0.25) is 0 Å². The Balaban J connectivity index is 1.75. The Kier molecular flexibility index (Phi) is 6.74. The fourth-order valence-electron chi connectivity index (χ4n) is 4.11. The lowest BCUT2D eigenvalue weighted by atomic mass is 9.94. The molecule has 2 aromatic heterocycles. The van der Waals surface area contributed by atoms with E-state index in [0.717, 1.165) is 31.2 Å². The molecule has 164 valence electrons. The van der Waals surface area contributed by atoms with Gasteiger partial charge in [0.15, 0.2) is 0 Å². The Morgan fingerprint density at radius 3 is 2.84 bits per heavy atom. The van der Waals surface area contributed by atoms with Crippen molar-refractivity contribution in [2.75, 3.05) is 25.6 Å². The molecule has 3 heterocycles. The Labute approximate surface area is 190 Å². The van der Waals surface area contributed by atoms with E-state index < -0.39 is 0 Å². The molecule has 1 aliphatic carbocycles. The first-order chi connectivity index (χ1) is 15.0. The summed E-state index contributed by atoms with van der Waals surface area (Å²) in [5.74, 6) is 0.331. The van der Waals surface area contributed by atoms with Gasteiger partial charge in [-0.1, -0.05) is 49.3 Å². The number of hydrogen-bond acceptors (Lipinski definition) is 7. The van der Waals surface area contributed by atoms with Crippen LogP contribution in [0, 0.1) is 6.92 Å². The fourth-order valence-corrected chi connectivity index (χ4v) is 5.50. The van der Waals surface area contributed by atoms with Crippen LogP contribution in [-0.4, -0.2) is 50.8 Å². The normalized spacial score (nSPS) is 19.0. The lowest BCUT2D eigenvalue weighted by Crippen LogP contribution is -2.39. The number of aryl methyl sites for hydroxylation is 1. The minimum atomic E-state index is -0.225. The second-order valence-electron chi connectivity index (χ2n) is 7.83. The van der Waals surface area contributed by atoms with Crippen LogP contribution in [0.1, 0.15) is 43.2 Å². The summed E-state index contributed by atoms with van der Waals surface area (Å²) in [5.41, 5.74) is 1.60. The zero-order valence-corrected chi connectivity index (χ0v) is 19.4. The van der Waals surface area contributed by atoms with Gasteiger partial charge in [-0.2, -0.15) is 0 Å². The second-order valence-corrected chi connectivity index (χ2v) is 9.50. The highest BCUT2D eigenvalue weighted by Gasteiger charge is 2.37. The number of thioether (sulfide) groups is 1. The monoisotopic (exact) mass is 458 g/mol. The van der Waals surface area contributed by atoms with Crippen molar-refractivity contribution in [2.45, 2.75) is 45.1 Å². The van der Waals surface area contributed by atoms with Gasteiger partial charge in [-0.25, -0.2) is 4.98 Å². The van der Waals surface area contributed by atoms with Crippen LogP contribution in [-0.2, 0) is 9.53 Å². The summed E-state index contributed by atoms with van der Waals surface area (Å²) in [7, 11) is 1.62. The first kappa shape index (κ1) is 22.0. The van der Waals surface area contributed by atoms with E-state index in [1.54, 1.807) is 24.3 Å². The van der Waals surface area contributed by atoms with Gasteiger partial charge in [-0.3, -0.25) is 18.9 Å². The number of pyridine rings is 1. The first-order valence-corrected chi connectivity index (χ1v) is 11.8. The number of thiocarbonyl (C=S) groups is 1. The molecule has 1 aliphatic heterocycles. The quantitative estimate of drug-likeness (QED) is 0.403.